The summed E-state index contributed by atoms with van der Waals surface area (Å²) in [7, 11) is 3.51. The van der Waals surface area contributed by atoms with Crippen LogP contribution < -0.4 is 10.1 Å². The number of nitrogens with one attached hydrogen (secondary N) is 1. The van der Waals surface area contributed by atoms with Gasteiger partial charge in [0.2, 0.25) is 0 Å². The zero-order valence-electron chi connectivity index (χ0n) is 12.3. The number of nitriles is 1. The van der Waals surface area contributed by atoms with Gasteiger partial charge < -0.3 is 10.1 Å². The van der Waals surface area contributed by atoms with Gasteiger partial charge in [-0.3, -0.25) is 4.68 Å². The molecule has 0 aliphatic carbocycles. The Morgan fingerprint density at radius 1 is 1.48 bits per heavy atom. The molecular weight excluding hydrogens is 332 g/mol. The third-order valence-corrected chi connectivity index (χ3v) is 4.22. The Labute approximate surface area is 132 Å². The molecule has 1 aromatic carbocycles. The van der Waals surface area contributed by atoms with Crippen molar-refractivity contribution in [3.63, 3.8) is 0 Å². The van der Waals surface area contributed by atoms with E-state index in [0.717, 1.165) is 22.3 Å². The number of rotatable bonds is 5. The summed E-state index contributed by atoms with van der Waals surface area (Å²) in [5.74, 6) is 0.656. The van der Waals surface area contributed by atoms with Crippen molar-refractivity contribution >= 4 is 21.6 Å². The van der Waals surface area contributed by atoms with Crippen molar-refractivity contribution in [2.45, 2.75) is 19.9 Å². The predicted octanol–water partition coefficient (Wildman–Crippen LogP) is 3.24. The predicted molar refractivity (Wildman–Crippen MR) is 85.3 cm³/mol. The highest BCUT2D eigenvalue weighted by molar-refractivity contribution is 9.10. The van der Waals surface area contributed by atoms with Crippen LogP contribution in [0.15, 0.2) is 22.7 Å². The maximum atomic E-state index is 9.21. The molecule has 0 radical (unpaired) electrons. The van der Waals surface area contributed by atoms with Crippen LogP contribution in [-0.4, -0.2) is 16.9 Å². The molecule has 2 aromatic rings. The fraction of sp³-hybridized carbons (Fsp3) is 0.333. The molecular formula is C15H17BrN4O. The zero-order chi connectivity index (χ0) is 15.4. The third kappa shape index (κ3) is 3.03. The van der Waals surface area contributed by atoms with Gasteiger partial charge in [-0.05, 0) is 34.5 Å². The lowest BCUT2D eigenvalue weighted by molar-refractivity contribution is 0.416. The van der Waals surface area contributed by atoms with Gasteiger partial charge in [-0.2, -0.15) is 10.4 Å². The molecule has 0 spiro atoms. The quantitative estimate of drug-likeness (QED) is 0.900. The van der Waals surface area contributed by atoms with Gasteiger partial charge in [0.15, 0.2) is 0 Å². The first kappa shape index (κ1) is 15.4. The van der Waals surface area contributed by atoms with E-state index in [4.69, 9.17) is 4.74 Å². The maximum Gasteiger partial charge on any atom is 0.143 e. The van der Waals surface area contributed by atoms with Gasteiger partial charge in [0.25, 0.3) is 0 Å². The molecule has 0 unspecified atom stereocenters. The molecule has 2 rings (SSSR count). The Kier molecular flexibility index (Phi) is 4.86. The van der Waals surface area contributed by atoms with Crippen LogP contribution in [0.25, 0.3) is 0 Å². The third-order valence-electron chi connectivity index (χ3n) is 3.30. The van der Waals surface area contributed by atoms with Crippen LogP contribution in [0.4, 0.5) is 5.69 Å². The van der Waals surface area contributed by atoms with Gasteiger partial charge in [-0.1, -0.05) is 13.0 Å². The first-order chi connectivity index (χ1) is 10.1. The summed E-state index contributed by atoms with van der Waals surface area (Å²) in [6.45, 7) is 2.62. The molecule has 0 bridgehead atoms. The summed E-state index contributed by atoms with van der Waals surface area (Å²) in [5.41, 5.74) is 3.31. The molecule has 6 heteroatoms. The number of para-hydroxylation sites is 1. The molecule has 21 heavy (non-hydrogen) atoms. The van der Waals surface area contributed by atoms with Crippen LogP contribution in [-0.2, 0) is 20.0 Å². The summed E-state index contributed by atoms with van der Waals surface area (Å²) in [6.07, 6.45) is 0.868. The van der Waals surface area contributed by atoms with E-state index in [1.807, 2.05) is 17.8 Å². The van der Waals surface area contributed by atoms with Crippen LogP contribution in [0.5, 0.6) is 5.75 Å². The Hall–Kier alpha value is -2.00. The fourth-order valence-corrected chi connectivity index (χ4v) is 2.92. The van der Waals surface area contributed by atoms with Crippen LogP contribution in [0.3, 0.4) is 0 Å². The number of aromatic nitrogens is 2. The standard InChI is InChI=1S/C15H17BrN4O/c1-4-11-14(16)12(20(2)19-11)9-18-15-10(8-17)6-5-7-13(15)21-3/h5-7,18H,4,9H2,1-3H3. The van der Waals surface area contributed by atoms with Crippen molar-refractivity contribution in [2.75, 3.05) is 12.4 Å². The van der Waals surface area contributed by atoms with Gasteiger partial charge in [0.1, 0.15) is 11.8 Å². The minimum Gasteiger partial charge on any atom is -0.495 e. The molecule has 1 aromatic heterocycles. The Balaban J connectivity index is 2.29. The highest BCUT2D eigenvalue weighted by atomic mass is 79.9. The maximum absolute atomic E-state index is 9.21. The van der Waals surface area contributed by atoms with Gasteiger partial charge in [0.05, 0.1) is 40.8 Å². The number of anilines is 1. The zero-order valence-corrected chi connectivity index (χ0v) is 13.9. The molecule has 5 nitrogen and oxygen atoms in total. The SMILES string of the molecule is CCc1nn(C)c(CNc2c(C#N)cccc2OC)c1Br. The molecule has 0 atom stereocenters. The monoisotopic (exact) mass is 348 g/mol. The van der Waals surface area contributed by atoms with Crippen molar-refractivity contribution in [1.82, 2.24) is 9.78 Å². The summed E-state index contributed by atoms with van der Waals surface area (Å²) in [6, 6.07) is 7.58. The van der Waals surface area contributed by atoms with E-state index in [2.05, 4.69) is 39.3 Å². The number of hydrogen-bond acceptors (Lipinski definition) is 4. The number of nitrogens with zero attached hydrogens (tertiary/aromatic N) is 3. The van der Waals surface area contributed by atoms with Crippen LogP contribution >= 0.6 is 15.9 Å². The number of ether oxygens (including phenoxy) is 1. The van der Waals surface area contributed by atoms with Crippen molar-refractivity contribution in [3.8, 4) is 11.8 Å². The first-order valence-corrected chi connectivity index (χ1v) is 7.42. The molecule has 0 aliphatic heterocycles. The fourth-order valence-electron chi connectivity index (χ4n) is 2.16. The number of methoxy groups -OCH3 is 1. The minimum atomic E-state index is 0.555. The number of aryl methyl sites for hydroxylation is 2. The van der Waals surface area contributed by atoms with E-state index >= 15 is 0 Å². The van der Waals surface area contributed by atoms with E-state index in [-0.39, 0.29) is 0 Å². The molecule has 0 saturated carbocycles. The van der Waals surface area contributed by atoms with Crippen molar-refractivity contribution in [3.05, 3.63) is 39.6 Å². The van der Waals surface area contributed by atoms with Gasteiger partial charge >= 0.3 is 0 Å². The molecule has 1 N–H and O–H groups in total. The molecule has 1 heterocycles. The summed E-state index contributed by atoms with van der Waals surface area (Å²) in [4.78, 5) is 0. The summed E-state index contributed by atoms with van der Waals surface area (Å²) < 4.78 is 8.17. The first-order valence-electron chi connectivity index (χ1n) is 6.63. The topological polar surface area (TPSA) is 62.9 Å². The lowest BCUT2D eigenvalue weighted by atomic mass is 10.1. The van der Waals surface area contributed by atoms with E-state index < -0.39 is 0 Å². The smallest absolute Gasteiger partial charge is 0.143 e. The van der Waals surface area contributed by atoms with Gasteiger partial charge in [0, 0.05) is 7.05 Å². The molecule has 0 saturated heterocycles. The van der Waals surface area contributed by atoms with Crippen molar-refractivity contribution < 1.29 is 4.74 Å². The van der Waals surface area contributed by atoms with Crippen molar-refractivity contribution in [2.24, 2.45) is 7.05 Å². The average molecular weight is 349 g/mol. The number of benzene rings is 1. The Morgan fingerprint density at radius 3 is 2.81 bits per heavy atom. The normalized spacial score (nSPS) is 10.2. The van der Waals surface area contributed by atoms with E-state index in [0.29, 0.717) is 23.5 Å². The molecule has 0 aliphatic rings. The molecule has 0 amide bonds. The van der Waals surface area contributed by atoms with Crippen molar-refractivity contribution in [1.29, 1.82) is 5.26 Å². The second kappa shape index (κ2) is 6.64. The molecule has 0 fully saturated rings. The summed E-state index contributed by atoms with van der Waals surface area (Å²) in [5, 5.41) is 17.0. The van der Waals surface area contributed by atoms with Crippen LogP contribution in [0, 0.1) is 11.3 Å². The number of halogens is 1. The number of hydrogen-bond donors (Lipinski definition) is 1. The Morgan fingerprint density at radius 2 is 2.24 bits per heavy atom. The highest BCUT2D eigenvalue weighted by Crippen LogP contribution is 2.29. The largest absolute Gasteiger partial charge is 0.495 e. The second-order valence-electron chi connectivity index (χ2n) is 4.53. The van der Waals surface area contributed by atoms with E-state index in [1.54, 1.807) is 19.2 Å². The Bertz CT molecular complexity index is 688. The lowest BCUT2D eigenvalue weighted by Crippen LogP contribution is -2.08. The minimum absolute atomic E-state index is 0.555. The van der Waals surface area contributed by atoms with E-state index in [9.17, 15) is 5.26 Å². The van der Waals surface area contributed by atoms with E-state index in [1.165, 1.54) is 0 Å². The molecule has 110 valence electrons. The highest BCUT2D eigenvalue weighted by Gasteiger charge is 2.14. The van der Waals surface area contributed by atoms with Crippen LogP contribution in [0.2, 0.25) is 0 Å². The summed E-state index contributed by atoms with van der Waals surface area (Å²) >= 11 is 3.59. The van der Waals surface area contributed by atoms with Gasteiger partial charge in [-0.25, -0.2) is 0 Å². The van der Waals surface area contributed by atoms with Crippen LogP contribution in [0.1, 0.15) is 23.9 Å². The second-order valence-corrected chi connectivity index (χ2v) is 5.33. The van der Waals surface area contributed by atoms with Gasteiger partial charge in [-0.15, -0.1) is 0 Å². The lowest BCUT2D eigenvalue weighted by Gasteiger charge is -2.13. The average Bonchev–Trinajstić information content (AvgIpc) is 2.78.